The van der Waals surface area contributed by atoms with E-state index in [1.165, 1.54) is 0 Å². The van der Waals surface area contributed by atoms with Crippen LogP contribution in [0.1, 0.15) is 23.2 Å². The predicted octanol–water partition coefficient (Wildman–Crippen LogP) is 1.39. The molecular formula is C14H18N4O. The molecule has 5 heteroatoms. The third kappa shape index (κ3) is 2.33. The first-order valence-electron chi connectivity index (χ1n) is 6.67. The molecule has 0 saturated carbocycles. The molecule has 0 spiro atoms. The largest absolute Gasteiger partial charge is 0.337 e. The number of rotatable bonds is 2. The van der Waals surface area contributed by atoms with E-state index >= 15 is 0 Å². The molecule has 2 N–H and O–H groups in total. The number of carbonyl (C=O) groups excluding carboxylic acids is 1. The molecule has 2 aromatic rings. The number of piperidine rings is 1. The van der Waals surface area contributed by atoms with Gasteiger partial charge in [0.25, 0.3) is 5.91 Å². The first-order valence-corrected chi connectivity index (χ1v) is 6.67. The van der Waals surface area contributed by atoms with Crippen LogP contribution in [0.2, 0.25) is 0 Å². The van der Waals surface area contributed by atoms with E-state index in [1.807, 2.05) is 30.1 Å². The Morgan fingerprint density at radius 1 is 1.53 bits per heavy atom. The van der Waals surface area contributed by atoms with Crippen LogP contribution < -0.4 is 5.32 Å². The van der Waals surface area contributed by atoms with E-state index in [4.69, 9.17) is 0 Å². The highest BCUT2D eigenvalue weighted by Gasteiger charge is 2.23. The smallest absolute Gasteiger partial charge is 0.253 e. The number of aromatic amines is 1. The van der Waals surface area contributed by atoms with Crippen molar-refractivity contribution in [2.75, 3.05) is 20.1 Å². The molecule has 0 radical (unpaired) electrons. The van der Waals surface area contributed by atoms with E-state index in [0.29, 0.717) is 6.04 Å². The van der Waals surface area contributed by atoms with Gasteiger partial charge in [0.05, 0.1) is 11.7 Å². The Morgan fingerprint density at radius 3 is 3.26 bits per heavy atom. The van der Waals surface area contributed by atoms with Gasteiger partial charge < -0.3 is 10.2 Å². The lowest BCUT2D eigenvalue weighted by Gasteiger charge is -2.32. The van der Waals surface area contributed by atoms with Gasteiger partial charge in [-0.3, -0.25) is 9.89 Å². The zero-order valence-electron chi connectivity index (χ0n) is 11.0. The SMILES string of the molecule is CNC1CCCN(C(=O)c2ccc3cn[nH]c3c2)C1. The summed E-state index contributed by atoms with van der Waals surface area (Å²) < 4.78 is 0. The van der Waals surface area contributed by atoms with E-state index in [9.17, 15) is 4.79 Å². The summed E-state index contributed by atoms with van der Waals surface area (Å²) in [6, 6.07) is 6.11. The molecule has 0 bridgehead atoms. The highest BCUT2D eigenvalue weighted by atomic mass is 16.2. The molecule has 1 atom stereocenters. The summed E-state index contributed by atoms with van der Waals surface area (Å²) in [5, 5.41) is 11.2. The van der Waals surface area contributed by atoms with Crippen LogP contribution in [-0.2, 0) is 0 Å². The first kappa shape index (κ1) is 12.2. The van der Waals surface area contributed by atoms with Crippen molar-refractivity contribution in [3.63, 3.8) is 0 Å². The Hall–Kier alpha value is -1.88. The van der Waals surface area contributed by atoms with E-state index < -0.39 is 0 Å². The average molecular weight is 258 g/mol. The Kier molecular flexibility index (Phi) is 3.21. The van der Waals surface area contributed by atoms with Crippen LogP contribution in [-0.4, -0.2) is 47.2 Å². The number of aromatic nitrogens is 2. The van der Waals surface area contributed by atoms with Crippen LogP contribution in [0, 0.1) is 0 Å². The second-order valence-corrected chi connectivity index (χ2v) is 5.05. The highest BCUT2D eigenvalue weighted by Crippen LogP contribution is 2.17. The quantitative estimate of drug-likeness (QED) is 0.855. The average Bonchev–Trinajstić information content (AvgIpc) is 2.94. The van der Waals surface area contributed by atoms with Gasteiger partial charge in [-0.2, -0.15) is 5.10 Å². The van der Waals surface area contributed by atoms with Gasteiger partial charge in [0.2, 0.25) is 0 Å². The summed E-state index contributed by atoms with van der Waals surface area (Å²) in [6.07, 6.45) is 3.96. The number of nitrogens with one attached hydrogen (secondary N) is 2. The number of carbonyl (C=O) groups is 1. The molecule has 1 unspecified atom stereocenters. The van der Waals surface area contributed by atoms with Crippen molar-refractivity contribution in [1.82, 2.24) is 20.4 Å². The number of hydrogen-bond acceptors (Lipinski definition) is 3. The van der Waals surface area contributed by atoms with Crippen molar-refractivity contribution in [3.8, 4) is 0 Å². The third-order valence-corrected chi connectivity index (χ3v) is 3.81. The number of benzene rings is 1. The van der Waals surface area contributed by atoms with Gasteiger partial charge in [0.1, 0.15) is 0 Å². The van der Waals surface area contributed by atoms with Gasteiger partial charge in [-0.1, -0.05) is 6.07 Å². The topological polar surface area (TPSA) is 61.0 Å². The lowest BCUT2D eigenvalue weighted by molar-refractivity contribution is 0.0698. The molecule has 100 valence electrons. The molecular weight excluding hydrogens is 240 g/mol. The summed E-state index contributed by atoms with van der Waals surface area (Å²) in [4.78, 5) is 14.4. The molecule has 5 nitrogen and oxygen atoms in total. The number of H-pyrrole nitrogens is 1. The van der Waals surface area contributed by atoms with Crippen molar-refractivity contribution in [1.29, 1.82) is 0 Å². The fourth-order valence-electron chi connectivity index (χ4n) is 2.65. The monoisotopic (exact) mass is 258 g/mol. The number of nitrogens with zero attached hydrogens (tertiary/aromatic N) is 2. The van der Waals surface area contributed by atoms with Crippen LogP contribution in [0.5, 0.6) is 0 Å². The molecule has 1 fully saturated rings. The van der Waals surface area contributed by atoms with Gasteiger partial charge in [0.15, 0.2) is 0 Å². The van der Waals surface area contributed by atoms with Crippen LogP contribution in [0.25, 0.3) is 10.9 Å². The molecule has 1 aliphatic heterocycles. The maximum atomic E-state index is 12.5. The Bertz CT molecular complexity index is 592. The molecule has 1 aliphatic rings. The molecule has 1 saturated heterocycles. The first-order chi connectivity index (χ1) is 9.28. The standard InChI is InChI=1S/C14H18N4O/c1-15-12-3-2-6-18(9-12)14(19)10-4-5-11-8-16-17-13(11)7-10/h4-5,7-8,12,15H,2-3,6,9H2,1H3,(H,16,17). The van der Waals surface area contributed by atoms with Gasteiger partial charge in [-0.05, 0) is 32.0 Å². The number of hydrogen-bond donors (Lipinski definition) is 2. The van der Waals surface area contributed by atoms with E-state index in [-0.39, 0.29) is 5.91 Å². The molecule has 3 rings (SSSR count). The zero-order chi connectivity index (χ0) is 13.2. The normalized spacial score (nSPS) is 19.8. The van der Waals surface area contributed by atoms with Gasteiger partial charge in [0, 0.05) is 30.1 Å². The number of likely N-dealkylation sites (tertiary alicyclic amines) is 1. The lowest BCUT2D eigenvalue weighted by Crippen LogP contribution is -2.46. The number of fused-ring (bicyclic) bond motifs is 1. The van der Waals surface area contributed by atoms with Gasteiger partial charge in [-0.15, -0.1) is 0 Å². The van der Waals surface area contributed by atoms with Gasteiger partial charge in [-0.25, -0.2) is 0 Å². The van der Waals surface area contributed by atoms with E-state index in [1.54, 1.807) is 6.20 Å². The zero-order valence-corrected chi connectivity index (χ0v) is 11.0. The van der Waals surface area contributed by atoms with Crippen LogP contribution in [0.4, 0.5) is 0 Å². The third-order valence-electron chi connectivity index (χ3n) is 3.81. The summed E-state index contributed by atoms with van der Waals surface area (Å²) in [5.41, 5.74) is 1.64. The summed E-state index contributed by atoms with van der Waals surface area (Å²) in [6.45, 7) is 1.63. The van der Waals surface area contributed by atoms with Crippen molar-refractivity contribution in [3.05, 3.63) is 30.0 Å². The highest BCUT2D eigenvalue weighted by molar-refractivity contribution is 5.97. The maximum absolute atomic E-state index is 12.5. The summed E-state index contributed by atoms with van der Waals surface area (Å²) in [5.74, 6) is 0.108. The Balaban J connectivity index is 1.82. The minimum Gasteiger partial charge on any atom is -0.337 e. The summed E-state index contributed by atoms with van der Waals surface area (Å²) >= 11 is 0. The van der Waals surface area contributed by atoms with Crippen molar-refractivity contribution in [2.24, 2.45) is 0 Å². The fourth-order valence-corrected chi connectivity index (χ4v) is 2.65. The second-order valence-electron chi connectivity index (χ2n) is 5.05. The Labute approximate surface area is 112 Å². The molecule has 19 heavy (non-hydrogen) atoms. The summed E-state index contributed by atoms with van der Waals surface area (Å²) in [7, 11) is 1.95. The lowest BCUT2D eigenvalue weighted by atomic mass is 10.0. The maximum Gasteiger partial charge on any atom is 0.253 e. The molecule has 1 aromatic heterocycles. The van der Waals surface area contributed by atoms with Crippen LogP contribution in [0.3, 0.4) is 0 Å². The van der Waals surface area contributed by atoms with Crippen LogP contribution in [0.15, 0.2) is 24.4 Å². The van der Waals surface area contributed by atoms with E-state index in [2.05, 4.69) is 15.5 Å². The Morgan fingerprint density at radius 2 is 2.42 bits per heavy atom. The van der Waals surface area contributed by atoms with E-state index in [0.717, 1.165) is 42.4 Å². The second kappa shape index (κ2) is 5.01. The predicted molar refractivity (Wildman–Crippen MR) is 74.1 cm³/mol. The molecule has 2 heterocycles. The molecule has 0 aliphatic carbocycles. The minimum absolute atomic E-state index is 0.108. The van der Waals surface area contributed by atoms with Crippen molar-refractivity contribution < 1.29 is 4.79 Å². The molecule has 1 aromatic carbocycles. The fraction of sp³-hybridized carbons (Fsp3) is 0.429. The van der Waals surface area contributed by atoms with Gasteiger partial charge >= 0.3 is 0 Å². The van der Waals surface area contributed by atoms with Crippen molar-refractivity contribution >= 4 is 16.8 Å². The number of likely N-dealkylation sites (N-methyl/N-ethyl adjacent to an activating group) is 1. The minimum atomic E-state index is 0.108. The van der Waals surface area contributed by atoms with Crippen molar-refractivity contribution in [2.45, 2.75) is 18.9 Å². The molecule has 1 amide bonds. The number of amides is 1. The van der Waals surface area contributed by atoms with Crippen LogP contribution >= 0.6 is 0 Å².